The van der Waals surface area contributed by atoms with Gasteiger partial charge in [-0.05, 0) is 62.3 Å². The topological polar surface area (TPSA) is 47.3 Å². The molecule has 0 aliphatic heterocycles. The van der Waals surface area contributed by atoms with E-state index in [-0.39, 0.29) is 0 Å². The van der Waals surface area contributed by atoms with Gasteiger partial charge in [0.25, 0.3) is 0 Å². The number of rotatable bonds is 5. The Morgan fingerprint density at radius 2 is 1.94 bits per heavy atom. The Morgan fingerprint density at radius 3 is 2.44 bits per heavy atom. The minimum Gasteiger partial charge on any atom is -0.494 e. The van der Waals surface area contributed by atoms with Crippen molar-refractivity contribution in [2.24, 2.45) is 11.1 Å². The van der Waals surface area contributed by atoms with Crippen molar-refractivity contribution in [3.05, 3.63) is 22.8 Å². The first-order valence-corrected chi connectivity index (χ1v) is 6.62. The van der Waals surface area contributed by atoms with Crippen LogP contribution in [0.2, 0.25) is 0 Å². The molecule has 0 atom stereocenters. The summed E-state index contributed by atoms with van der Waals surface area (Å²) < 4.78 is 5.56. The van der Waals surface area contributed by atoms with Crippen LogP contribution in [0.1, 0.15) is 29.5 Å². The first-order valence-electron chi connectivity index (χ1n) is 6.62. The number of aryl methyl sites for hydroxylation is 2. The Bertz CT molecular complexity index is 450. The summed E-state index contributed by atoms with van der Waals surface area (Å²) in [5, 5.41) is 3.55. The summed E-state index contributed by atoms with van der Waals surface area (Å²) in [4.78, 5) is 0. The number of nitrogens with one attached hydrogen (secondary N) is 1. The first-order chi connectivity index (χ1) is 8.53. The molecule has 1 saturated carbocycles. The standard InChI is InChI=1S/C15H24N2O/c1-10-7-11(2)13(14(18-4)12(10)3)17-9-15(8-16)5-6-15/h7,17H,5-6,8-9,16H2,1-4H3. The number of hydrogen-bond donors (Lipinski definition) is 2. The van der Waals surface area contributed by atoms with Crippen molar-refractivity contribution >= 4 is 5.69 Å². The number of nitrogens with two attached hydrogens (primary N) is 1. The van der Waals surface area contributed by atoms with Crippen LogP contribution in [0.4, 0.5) is 5.69 Å². The van der Waals surface area contributed by atoms with Crippen molar-refractivity contribution < 1.29 is 4.74 Å². The average molecular weight is 248 g/mol. The van der Waals surface area contributed by atoms with E-state index in [2.05, 4.69) is 32.2 Å². The van der Waals surface area contributed by atoms with Gasteiger partial charge in [0.1, 0.15) is 5.75 Å². The quantitative estimate of drug-likeness (QED) is 0.842. The normalized spacial score (nSPS) is 16.5. The molecule has 1 fully saturated rings. The van der Waals surface area contributed by atoms with E-state index in [0.29, 0.717) is 5.41 Å². The summed E-state index contributed by atoms with van der Waals surface area (Å²) in [5.74, 6) is 0.973. The van der Waals surface area contributed by atoms with Crippen molar-refractivity contribution in [1.82, 2.24) is 0 Å². The highest BCUT2D eigenvalue weighted by atomic mass is 16.5. The maximum absolute atomic E-state index is 5.82. The molecule has 0 amide bonds. The molecule has 1 aromatic carbocycles. The van der Waals surface area contributed by atoms with Crippen molar-refractivity contribution in [2.75, 3.05) is 25.5 Å². The third kappa shape index (κ3) is 2.32. The molecule has 0 saturated heterocycles. The third-order valence-corrected chi connectivity index (χ3v) is 4.22. The van der Waals surface area contributed by atoms with Gasteiger partial charge in [0.05, 0.1) is 12.8 Å². The summed E-state index contributed by atoms with van der Waals surface area (Å²) in [6.45, 7) is 8.07. The summed E-state index contributed by atoms with van der Waals surface area (Å²) in [6.07, 6.45) is 2.48. The summed E-state index contributed by atoms with van der Waals surface area (Å²) in [5.41, 5.74) is 11.0. The molecule has 2 rings (SSSR count). The lowest BCUT2D eigenvalue weighted by molar-refractivity contribution is 0.412. The molecule has 18 heavy (non-hydrogen) atoms. The summed E-state index contributed by atoms with van der Waals surface area (Å²) >= 11 is 0. The molecular formula is C15H24N2O. The molecule has 0 spiro atoms. The van der Waals surface area contributed by atoms with Gasteiger partial charge in [0.2, 0.25) is 0 Å². The Hall–Kier alpha value is -1.22. The molecule has 3 N–H and O–H groups in total. The minimum absolute atomic E-state index is 0.330. The van der Waals surface area contributed by atoms with Gasteiger partial charge in [-0.2, -0.15) is 0 Å². The second-order valence-corrected chi connectivity index (χ2v) is 5.60. The third-order valence-electron chi connectivity index (χ3n) is 4.22. The zero-order valence-electron chi connectivity index (χ0n) is 11.9. The highest BCUT2D eigenvalue weighted by molar-refractivity contribution is 5.66. The lowest BCUT2D eigenvalue weighted by Crippen LogP contribution is -2.24. The van der Waals surface area contributed by atoms with Crippen LogP contribution in [-0.4, -0.2) is 20.2 Å². The SMILES string of the molecule is COc1c(C)c(C)cc(C)c1NCC1(CN)CC1. The highest BCUT2D eigenvalue weighted by Crippen LogP contribution is 2.45. The van der Waals surface area contributed by atoms with Gasteiger partial charge in [-0.15, -0.1) is 0 Å². The lowest BCUT2D eigenvalue weighted by Gasteiger charge is -2.20. The number of anilines is 1. The van der Waals surface area contributed by atoms with Crippen LogP contribution in [0, 0.1) is 26.2 Å². The molecule has 0 heterocycles. The first kappa shape index (κ1) is 13.2. The Balaban J connectivity index is 2.24. The van der Waals surface area contributed by atoms with Crippen molar-refractivity contribution in [2.45, 2.75) is 33.6 Å². The lowest BCUT2D eigenvalue weighted by atomic mass is 10.0. The Labute approximate surface area is 110 Å². The van der Waals surface area contributed by atoms with E-state index in [4.69, 9.17) is 10.5 Å². The number of hydrogen-bond acceptors (Lipinski definition) is 3. The smallest absolute Gasteiger partial charge is 0.145 e. The predicted molar refractivity (Wildman–Crippen MR) is 76.4 cm³/mol. The van der Waals surface area contributed by atoms with Crippen molar-refractivity contribution in [3.8, 4) is 5.75 Å². The number of methoxy groups -OCH3 is 1. The van der Waals surface area contributed by atoms with Gasteiger partial charge in [0.15, 0.2) is 0 Å². The van der Waals surface area contributed by atoms with E-state index < -0.39 is 0 Å². The zero-order valence-corrected chi connectivity index (χ0v) is 11.9. The Morgan fingerprint density at radius 1 is 1.28 bits per heavy atom. The summed E-state index contributed by atoms with van der Waals surface area (Å²) in [6, 6.07) is 2.21. The zero-order chi connectivity index (χ0) is 13.3. The van der Waals surface area contributed by atoms with Gasteiger partial charge in [-0.1, -0.05) is 6.07 Å². The van der Waals surface area contributed by atoms with Crippen molar-refractivity contribution in [3.63, 3.8) is 0 Å². The largest absolute Gasteiger partial charge is 0.494 e. The fraction of sp³-hybridized carbons (Fsp3) is 0.600. The minimum atomic E-state index is 0.330. The molecule has 3 heteroatoms. The second-order valence-electron chi connectivity index (χ2n) is 5.60. The van der Waals surface area contributed by atoms with Crippen LogP contribution >= 0.6 is 0 Å². The molecule has 1 aliphatic carbocycles. The van der Waals surface area contributed by atoms with E-state index in [1.54, 1.807) is 7.11 Å². The average Bonchev–Trinajstić information content (AvgIpc) is 3.12. The van der Waals surface area contributed by atoms with Crippen LogP contribution in [0.5, 0.6) is 5.75 Å². The van der Waals surface area contributed by atoms with Crippen molar-refractivity contribution in [1.29, 1.82) is 0 Å². The molecule has 0 aromatic heterocycles. The van der Waals surface area contributed by atoms with Gasteiger partial charge in [0, 0.05) is 6.54 Å². The van der Waals surface area contributed by atoms with E-state index in [0.717, 1.165) is 24.5 Å². The second kappa shape index (κ2) is 4.81. The van der Waals surface area contributed by atoms with Gasteiger partial charge >= 0.3 is 0 Å². The maximum atomic E-state index is 5.82. The van der Waals surface area contributed by atoms with E-state index >= 15 is 0 Å². The number of benzene rings is 1. The molecule has 3 nitrogen and oxygen atoms in total. The molecule has 0 bridgehead atoms. The van der Waals surface area contributed by atoms with E-state index in [9.17, 15) is 0 Å². The Kier molecular flexibility index (Phi) is 3.53. The predicted octanol–water partition coefficient (Wildman–Crippen LogP) is 2.77. The van der Waals surface area contributed by atoms with Gasteiger partial charge < -0.3 is 15.8 Å². The van der Waals surface area contributed by atoms with E-state index in [1.165, 1.54) is 29.5 Å². The maximum Gasteiger partial charge on any atom is 0.145 e. The van der Waals surface area contributed by atoms with E-state index in [1.807, 2.05) is 0 Å². The molecule has 0 unspecified atom stereocenters. The van der Waals surface area contributed by atoms with Gasteiger partial charge in [-0.3, -0.25) is 0 Å². The molecule has 1 aliphatic rings. The molecule has 100 valence electrons. The molecule has 0 radical (unpaired) electrons. The highest BCUT2D eigenvalue weighted by Gasteiger charge is 2.41. The molecule has 1 aromatic rings. The number of ether oxygens (including phenoxy) is 1. The monoisotopic (exact) mass is 248 g/mol. The fourth-order valence-electron chi connectivity index (χ4n) is 2.43. The van der Waals surface area contributed by atoms with Crippen LogP contribution in [0.15, 0.2) is 6.07 Å². The fourth-order valence-corrected chi connectivity index (χ4v) is 2.43. The van der Waals surface area contributed by atoms with Gasteiger partial charge in [-0.25, -0.2) is 0 Å². The molecular weight excluding hydrogens is 224 g/mol. The van der Waals surface area contributed by atoms with Crippen LogP contribution in [0.25, 0.3) is 0 Å². The van der Waals surface area contributed by atoms with Crippen LogP contribution in [0.3, 0.4) is 0 Å². The van der Waals surface area contributed by atoms with Crippen LogP contribution in [-0.2, 0) is 0 Å². The van der Waals surface area contributed by atoms with Crippen LogP contribution < -0.4 is 15.8 Å². The summed E-state index contributed by atoms with van der Waals surface area (Å²) in [7, 11) is 1.74.